The van der Waals surface area contributed by atoms with Gasteiger partial charge in [0.2, 0.25) is 0 Å². The molecule has 0 radical (unpaired) electrons. The number of aliphatic hydroxyl groups excluding tert-OH is 1. The van der Waals surface area contributed by atoms with Crippen molar-refractivity contribution < 1.29 is 14.6 Å². The second-order valence-corrected chi connectivity index (χ2v) is 8.44. The Morgan fingerprint density at radius 1 is 1.42 bits per heavy atom. The number of aromatic nitrogens is 2. The number of carbonyl (C=O) groups is 1. The number of aliphatic hydroxyl groups is 1. The van der Waals surface area contributed by atoms with Gasteiger partial charge in [-0.05, 0) is 58.1 Å². The minimum atomic E-state index is -0.673. The molecule has 1 fully saturated rings. The summed E-state index contributed by atoms with van der Waals surface area (Å²) in [5.41, 5.74) is 1.06. The molecule has 0 saturated heterocycles. The molecule has 0 spiro atoms. The van der Waals surface area contributed by atoms with E-state index in [4.69, 9.17) is 16.3 Å². The average molecular weight is 380 g/mol. The number of hydrogen-bond acceptors (Lipinski definition) is 4. The van der Waals surface area contributed by atoms with Crippen LogP contribution in [0.3, 0.4) is 0 Å². The number of amides is 1. The molecule has 1 aliphatic carbocycles. The van der Waals surface area contributed by atoms with Gasteiger partial charge in [-0.15, -0.1) is 0 Å². The summed E-state index contributed by atoms with van der Waals surface area (Å²) in [7, 11) is 0. The standard InChI is InChI=1S/C19H26ClN3O3/c1-19(2,3)26-18(25)22-14-6-4-5-12(7-14)17(24)16-9-13(20)8-15-10-21-11-23(15)16/h8-12,14,17,24H,4-7H2,1-3H3,(H,22,25). The zero-order valence-corrected chi connectivity index (χ0v) is 16.2. The second-order valence-electron chi connectivity index (χ2n) is 8.00. The highest BCUT2D eigenvalue weighted by Gasteiger charge is 2.31. The van der Waals surface area contributed by atoms with Gasteiger partial charge in [0.15, 0.2) is 0 Å². The number of ether oxygens (including phenoxy) is 1. The summed E-state index contributed by atoms with van der Waals surface area (Å²) in [4.78, 5) is 16.2. The normalized spacial score (nSPS) is 22.2. The Labute approximate surface area is 158 Å². The molecule has 3 unspecified atom stereocenters. The number of alkyl carbamates (subject to hydrolysis) is 1. The third-order valence-electron chi connectivity index (χ3n) is 4.70. The Morgan fingerprint density at radius 2 is 2.19 bits per heavy atom. The van der Waals surface area contributed by atoms with Crippen LogP contribution in [0.15, 0.2) is 24.7 Å². The molecule has 0 bridgehead atoms. The predicted molar refractivity (Wildman–Crippen MR) is 100 cm³/mol. The van der Waals surface area contributed by atoms with Crippen LogP contribution in [0.2, 0.25) is 5.02 Å². The van der Waals surface area contributed by atoms with E-state index in [-0.39, 0.29) is 12.0 Å². The highest BCUT2D eigenvalue weighted by molar-refractivity contribution is 6.31. The van der Waals surface area contributed by atoms with Crippen LogP contribution in [0.4, 0.5) is 4.79 Å². The van der Waals surface area contributed by atoms with E-state index in [1.165, 1.54) is 0 Å². The summed E-state index contributed by atoms with van der Waals surface area (Å²) in [6, 6.07) is 3.60. The number of rotatable bonds is 3. The smallest absolute Gasteiger partial charge is 0.407 e. The van der Waals surface area contributed by atoms with Crippen LogP contribution < -0.4 is 5.32 Å². The van der Waals surface area contributed by atoms with Gasteiger partial charge in [0.05, 0.1) is 29.8 Å². The second kappa shape index (κ2) is 7.45. The lowest BCUT2D eigenvalue weighted by molar-refractivity contribution is 0.0414. The molecule has 2 aromatic heterocycles. The summed E-state index contributed by atoms with van der Waals surface area (Å²) < 4.78 is 7.20. The topological polar surface area (TPSA) is 75.9 Å². The monoisotopic (exact) mass is 379 g/mol. The first-order valence-corrected chi connectivity index (χ1v) is 9.40. The largest absolute Gasteiger partial charge is 0.444 e. The van der Waals surface area contributed by atoms with E-state index in [1.807, 2.05) is 31.2 Å². The van der Waals surface area contributed by atoms with Crippen molar-refractivity contribution in [2.45, 2.75) is 64.2 Å². The van der Waals surface area contributed by atoms with Gasteiger partial charge >= 0.3 is 6.09 Å². The van der Waals surface area contributed by atoms with E-state index in [9.17, 15) is 9.90 Å². The summed E-state index contributed by atoms with van der Waals surface area (Å²) in [5, 5.41) is 14.5. The van der Waals surface area contributed by atoms with E-state index < -0.39 is 17.8 Å². The maximum atomic E-state index is 12.0. The first-order chi connectivity index (χ1) is 12.2. The minimum absolute atomic E-state index is 0.00397. The van der Waals surface area contributed by atoms with Crippen LogP contribution >= 0.6 is 11.6 Å². The van der Waals surface area contributed by atoms with E-state index in [2.05, 4.69) is 10.3 Å². The first-order valence-electron chi connectivity index (χ1n) is 9.02. The highest BCUT2D eigenvalue weighted by Crippen LogP contribution is 2.35. The summed E-state index contributed by atoms with van der Waals surface area (Å²) in [5.74, 6) is 0.0350. The number of pyridine rings is 1. The first kappa shape index (κ1) is 19.0. The third kappa shape index (κ3) is 4.48. The van der Waals surface area contributed by atoms with Crippen molar-refractivity contribution in [2.75, 3.05) is 0 Å². The quantitative estimate of drug-likeness (QED) is 0.841. The van der Waals surface area contributed by atoms with Gasteiger partial charge in [0, 0.05) is 11.1 Å². The lowest BCUT2D eigenvalue weighted by atomic mass is 9.81. The van der Waals surface area contributed by atoms with Crippen LogP contribution in [0, 0.1) is 5.92 Å². The fourth-order valence-electron chi connectivity index (χ4n) is 3.61. The number of imidazole rings is 1. The van der Waals surface area contributed by atoms with Gasteiger partial charge in [0.25, 0.3) is 0 Å². The van der Waals surface area contributed by atoms with E-state index in [0.717, 1.165) is 30.5 Å². The highest BCUT2D eigenvalue weighted by atomic mass is 35.5. The van der Waals surface area contributed by atoms with E-state index in [1.54, 1.807) is 18.6 Å². The van der Waals surface area contributed by atoms with Crippen LogP contribution in [0.1, 0.15) is 58.3 Å². The molecule has 2 N–H and O–H groups in total. The maximum Gasteiger partial charge on any atom is 0.407 e. The lowest BCUT2D eigenvalue weighted by Crippen LogP contribution is -2.42. The molecule has 0 aliphatic heterocycles. The Kier molecular flexibility index (Phi) is 5.44. The maximum absolute atomic E-state index is 12.0. The summed E-state index contributed by atoms with van der Waals surface area (Å²) in [6.07, 6.45) is 5.75. The van der Waals surface area contributed by atoms with Gasteiger partial charge < -0.3 is 19.6 Å². The zero-order chi connectivity index (χ0) is 18.9. The number of halogens is 1. The van der Waals surface area contributed by atoms with E-state index in [0.29, 0.717) is 11.4 Å². The van der Waals surface area contributed by atoms with Crippen LogP contribution in [0.5, 0.6) is 0 Å². The molecule has 26 heavy (non-hydrogen) atoms. The van der Waals surface area contributed by atoms with Crippen molar-refractivity contribution in [2.24, 2.45) is 5.92 Å². The molecule has 2 heterocycles. The van der Waals surface area contributed by atoms with Crippen molar-refractivity contribution in [3.8, 4) is 0 Å². The van der Waals surface area contributed by atoms with Crippen molar-refractivity contribution in [1.29, 1.82) is 0 Å². The molecule has 1 amide bonds. The average Bonchev–Trinajstić information content (AvgIpc) is 3.00. The Hall–Kier alpha value is -1.79. The molecule has 3 atom stereocenters. The number of fused-ring (bicyclic) bond motifs is 1. The van der Waals surface area contributed by atoms with Crippen molar-refractivity contribution >= 4 is 23.2 Å². The summed E-state index contributed by atoms with van der Waals surface area (Å²) in [6.45, 7) is 5.53. The molecule has 142 valence electrons. The minimum Gasteiger partial charge on any atom is -0.444 e. The fraction of sp³-hybridized carbons (Fsp3) is 0.579. The van der Waals surface area contributed by atoms with Gasteiger partial charge in [-0.1, -0.05) is 18.0 Å². The Bertz CT molecular complexity index is 784. The summed E-state index contributed by atoms with van der Waals surface area (Å²) >= 11 is 6.20. The van der Waals surface area contributed by atoms with Crippen LogP contribution in [0.25, 0.3) is 5.52 Å². The molecule has 1 saturated carbocycles. The molecule has 0 aromatic carbocycles. The fourth-order valence-corrected chi connectivity index (χ4v) is 3.83. The van der Waals surface area contributed by atoms with Crippen molar-refractivity contribution in [1.82, 2.24) is 14.7 Å². The molecule has 3 rings (SSSR count). The molecular weight excluding hydrogens is 354 g/mol. The van der Waals surface area contributed by atoms with Crippen LogP contribution in [-0.4, -0.2) is 32.2 Å². The number of hydrogen-bond donors (Lipinski definition) is 2. The van der Waals surface area contributed by atoms with Gasteiger partial charge in [0.1, 0.15) is 5.60 Å². The number of nitrogens with zero attached hydrogens (tertiary/aromatic N) is 2. The van der Waals surface area contributed by atoms with Crippen molar-refractivity contribution in [3.05, 3.63) is 35.4 Å². The van der Waals surface area contributed by atoms with Crippen LogP contribution in [-0.2, 0) is 4.74 Å². The van der Waals surface area contributed by atoms with E-state index >= 15 is 0 Å². The van der Waals surface area contributed by atoms with Crippen molar-refractivity contribution in [3.63, 3.8) is 0 Å². The molecule has 7 heteroatoms. The van der Waals surface area contributed by atoms with Gasteiger partial charge in [-0.25, -0.2) is 9.78 Å². The number of nitrogens with one attached hydrogen (secondary N) is 1. The molecule has 1 aliphatic rings. The number of carbonyl (C=O) groups excluding carboxylic acids is 1. The SMILES string of the molecule is CC(C)(C)OC(=O)NC1CCCC(C(O)c2cc(Cl)cc3cncn23)C1. The lowest BCUT2D eigenvalue weighted by Gasteiger charge is -2.33. The third-order valence-corrected chi connectivity index (χ3v) is 4.92. The Balaban J connectivity index is 1.70. The zero-order valence-electron chi connectivity index (χ0n) is 15.4. The van der Waals surface area contributed by atoms with Gasteiger partial charge in [-0.2, -0.15) is 0 Å². The molecule has 2 aromatic rings. The molecular formula is C19H26ClN3O3. The Morgan fingerprint density at radius 3 is 2.92 bits per heavy atom. The van der Waals surface area contributed by atoms with Gasteiger partial charge in [-0.3, -0.25) is 0 Å². The predicted octanol–water partition coefficient (Wildman–Crippen LogP) is 4.10. The molecule has 6 nitrogen and oxygen atoms in total.